The maximum absolute atomic E-state index is 12.8. The van der Waals surface area contributed by atoms with Crippen LogP contribution in [0.1, 0.15) is 33.8 Å². The molecule has 0 radical (unpaired) electrons. The molecule has 3 heterocycles. The quantitative estimate of drug-likeness (QED) is 0.892. The molecule has 0 spiro atoms. The Labute approximate surface area is 139 Å². The van der Waals surface area contributed by atoms with Crippen molar-refractivity contribution in [3.05, 3.63) is 28.3 Å². The Bertz CT molecular complexity index is 745. The largest absolute Gasteiger partial charge is 0.452 e. The minimum absolute atomic E-state index is 0.0931. The lowest BCUT2D eigenvalue weighted by Crippen LogP contribution is -2.39. The van der Waals surface area contributed by atoms with E-state index in [0.717, 1.165) is 11.3 Å². The molecule has 2 aromatic heterocycles. The number of halogens is 3. The first-order valence-electron chi connectivity index (χ1n) is 7.38. The average Bonchev–Trinajstić information content (AvgIpc) is 3.13. The van der Waals surface area contributed by atoms with E-state index in [-0.39, 0.29) is 23.3 Å². The average molecular weight is 360 g/mol. The van der Waals surface area contributed by atoms with Gasteiger partial charge in [0, 0.05) is 18.7 Å². The van der Waals surface area contributed by atoms with Crippen LogP contribution >= 0.6 is 11.3 Å². The van der Waals surface area contributed by atoms with Gasteiger partial charge in [-0.25, -0.2) is 0 Å². The van der Waals surface area contributed by atoms with Gasteiger partial charge in [-0.15, -0.1) is 11.3 Å². The van der Waals surface area contributed by atoms with E-state index in [2.05, 4.69) is 9.68 Å². The van der Waals surface area contributed by atoms with Crippen LogP contribution in [0.3, 0.4) is 0 Å². The monoisotopic (exact) mass is 360 g/mol. The van der Waals surface area contributed by atoms with Gasteiger partial charge in [0.2, 0.25) is 5.76 Å². The van der Waals surface area contributed by atoms with Crippen LogP contribution in [0.4, 0.5) is 13.2 Å². The van der Waals surface area contributed by atoms with Crippen molar-refractivity contribution in [3.8, 4) is 10.6 Å². The molecule has 0 atom stereocenters. The molecule has 24 heavy (non-hydrogen) atoms. The number of alkyl halides is 3. The van der Waals surface area contributed by atoms with E-state index in [9.17, 15) is 23.1 Å². The standard InChI is InChI=1S/C15H15F3N2O3S/c1-8-12(19-23-13(8)15(16,17)18)10-2-3-11(24-10)14(22)20-6-4-9(21)5-7-20/h2-3,9,21H,4-7H2,1H3. The summed E-state index contributed by atoms with van der Waals surface area (Å²) in [5.41, 5.74) is 0.00452. The number of aliphatic hydroxyl groups excluding tert-OH is 1. The third-order valence-corrected chi connectivity index (χ3v) is 5.06. The lowest BCUT2D eigenvalue weighted by molar-refractivity contribution is -0.156. The van der Waals surface area contributed by atoms with Crippen LogP contribution < -0.4 is 0 Å². The van der Waals surface area contributed by atoms with Gasteiger partial charge in [0.05, 0.1) is 15.9 Å². The predicted octanol–water partition coefficient (Wildman–Crippen LogP) is 3.33. The van der Waals surface area contributed by atoms with E-state index < -0.39 is 11.9 Å². The molecule has 1 aliphatic heterocycles. The summed E-state index contributed by atoms with van der Waals surface area (Å²) in [6.45, 7) is 2.23. The summed E-state index contributed by atoms with van der Waals surface area (Å²) >= 11 is 1.08. The van der Waals surface area contributed by atoms with Gasteiger partial charge in [-0.05, 0) is 31.9 Å². The summed E-state index contributed by atoms with van der Waals surface area (Å²) in [5, 5.41) is 13.0. The SMILES string of the molecule is Cc1c(-c2ccc(C(=O)N3CCC(O)CC3)s2)noc1C(F)(F)F. The Kier molecular flexibility index (Phi) is 4.39. The molecule has 5 nitrogen and oxygen atoms in total. The molecular formula is C15H15F3N2O3S. The van der Waals surface area contributed by atoms with E-state index >= 15 is 0 Å². The van der Waals surface area contributed by atoms with Gasteiger partial charge in [-0.1, -0.05) is 5.16 Å². The van der Waals surface area contributed by atoms with Gasteiger partial charge in [0.1, 0.15) is 5.69 Å². The van der Waals surface area contributed by atoms with E-state index in [1.54, 1.807) is 17.0 Å². The molecule has 0 bridgehead atoms. The van der Waals surface area contributed by atoms with Crippen molar-refractivity contribution in [1.29, 1.82) is 0 Å². The zero-order valence-electron chi connectivity index (χ0n) is 12.8. The van der Waals surface area contributed by atoms with Crippen LogP contribution in [-0.2, 0) is 6.18 Å². The zero-order chi connectivity index (χ0) is 17.5. The van der Waals surface area contributed by atoms with Crippen molar-refractivity contribution in [1.82, 2.24) is 10.1 Å². The summed E-state index contributed by atoms with van der Waals surface area (Å²) in [7, 11) is 0. The second-order valence-corrected chi connectivity index (χ2v) is 6.75. The van der Waals surface area contributed by atoms with E-state index in [1.807, 2.05) is 0 Å². The predicted molar refractivity (Wildman–Crippen MR) is 80.7 cm³/mol. The molecule has 3 rings (SSSR count). The van der Waals surface area contributed by atoms with Crippen molar-refractivity contribution in [3.63, 3.8) is 0 Å². The molecule has 2 aromatic rings. The number of likely N-dealkylation sites (tertiary alicyclic amines) is 1. The number of aliphatic hydroxyl groups is 1. The third kappa shape index (κ3) is 3.18. The van der Waals surface area contributed by atoms with Gasteiger partial charge in [0.15, 0.2) is 0 Å². The highest BCUT2D eigenvalue weighted by Crippen LogP contribution is 2.38. The Morgan fingerprint density at radius 2 is 2.04 bits per heavy atom. The Morgan fingerprint density at radius 3 is 2.62 bits per heavy atom. The number of carbonyl (C=O) groups excluding carboxylic acids is 1. The van der Waals surface area contributed by atoms with Crippen molar-refractivity contribution in [2.24, 2.45) is 0 Å². The fourth-order valence-corrected chi connectivity index (χ4v) is 3.65. The molecule has 130 valence electrons. The van der Waals surface area contributed by atoms with Gasteiger partial charge in [-0.2, -0.15) is 13.2 Å². The van der Waals surface area contributed by atoms with Gasteiger partial charge >= 0.3 is 6.18 Å². The fourth-order valence-electron chi connectivity index (χ4n) is 2.63. The molecule has 9 heteroatoms. The van der Waals surface area contributed by atoms with Crippen LogP contribution in [0.2, 0.25) is 0 Å². The Morgan fingerprint density at radius 1 is 1.38 bits per heavy atom. The normalized spacial score (nSPS) is 16.6. The number of nitrogens with zero attached hydrogens (tertiary/aromatic N) is 2. The topological polar surface area (TPSA) is 66.6 Å². The first kappa shape index (κ1) is 17.0. The highest BCUT2D eigenvalue weighted by molar-refractivity contribution is 7.17. The van der Waals surface area contributed by atoms with E-state index in [1.165, 1.54) is 6.92 Å². The number of carbonyl (C=O) groups is 1. The van der Waals surface area contributed by atoms with Crippen LogP contribution in [0, 0.1) is 6.92 Å². The summed E-state index contributed by atoms with van der Waals surface area (Å²) in [6.07, 6.45) is -3.92. The number of aromatic nitrogens is 1. The summed E-state index contributed by atoms with van der Waals surface area (Å²) in [5.74, 6) is -1.31. The zero-order valence-corrected chi connectivity index (χ0v) is 13.6. The number of hydrogen-bond acceptors (Lipinski definition) is 5. The molecule has 1 amide bonds. The minimum atomic E-state index is -4.60. The second-order valence-electron chi connectivity index (χ2n) is 5.67. The lowest BCUT2D eigenvalue weighted by atomic mass is 10.1. The van der Waals surface area contributed by atoms with Crippen LogP contribution in [0.15, 0.2) is 16.7 Å². The molecule has 0 aliphatic carbocycles. The molecule has 1 fully saturated rings. The number of amides is 1. The van der Waals surface area contributed by atoms with Crippen molar-refractivity contribution in [2.45, 2.75) is 32.0 Å². The number of rotatable bonds is 2. The number of thiophene rings is 1. The summed E-state index contributed by atoms with van der Waals surface area (Å²) in [4.78, 5) is 14.9. The van der Waals surface area contributed by atoms with Gasteiger partial charge in [0.25, 0.3) is 5.91 Å². The molecule has 1 saturated heterocycles. The fraction of sp³-hybridized carbons (Fsp3) is 0.467. The molecule has 0 aromatic carbocycles. The number of piperidine rings is 1. The number of hydrogen-bond donors (Lipinski definition) is 1. The van der Waals surface area contributed by atoms with Crippen LogP contribution in [0.25, 0.3) is 10.6 Å². The first-order valence-corrected chi connectivity index (χ1v) is 8.20. The maximum Gasteiger partial charge on any atom is 0.452 e. The Balaban J connectivity index is 1.81. The third-order valence-electron chi connectivity index (χ3n) is 3.98. The Hall–Kier alpha value is -1.87. The smallest absolute Gasteiger partial charge is 0.393 e. The van der Waals surface area contributed by atoms with Gasteiger partial charge < -0.3 is 14.5 Å². The molecule has 0 saturated carbocycles. The molecule has 0 unspecified atom stereocenters. The summed E-state index contributed by atoms with van der Waals surface area (Å²) < 4.78 is 42.7. The summed E-state index contributed by atoms with van der Waals surface area (Å²) in [6, 6.07) is 3.15. The van der Waals surface area contributed by atoms with E-state index in [4.69, 9.17) is 0 Å². The first-order chi connectivity index (χ1) is 11.3. The highest BCUT2D eigenvalue weighted by Gasteiger charge is 2.39. The van der Waals surface area contributed by atoms with Gasteiger partial charge in [-0.3, -0.25) is 4.79 Å². The molecule has 1 N–H and O–H groups in total. The van der Waals surface area contributed by atoms with Crippen LogP contribution in [-0.4, -0.2) is 40.3 Å². The lowest BCUT2D eigenvalue weighted by Gasteiger charge is -2.29. The highest BCUT2D eigenvalue weighted by atomic mass is 32.1. The second kappa shape index (κ2) is 6.21. The molecule has 1 aliphatic rings. The minimum Gasteiger partial charge on any atom is -0.393 e. The van der Waals surface area contributed by atoms with Crippen molar-refractivity contribution >= 4 is 17.2 Å². The van der Waals surface area contributed by atoms with Crippen molar-refractivity contribution in [2.75, 3.05) is 13.1 Å². The van der Waals surface area contributed by atoms with Crippen LogP contribution in [0.5, 0.6) is 0 Å². The van der Waals surface area contributed by atoms with Crippen molar-refractivity contribution < 1.29 is 27.6 Å². The molecular weight excluding hydrogens is 345 g/mol. The van der Waals surface area contributed by atoms with E-state index in [0.29, 0.717) is 35.7 Å². The maximum atomic E-state index is 12.8.